The number of thiophene rings is 1. The van der Waals surface area contributed by atoms with Crippen molar-refractivity contribution in [2.24, 2.45) is 0 Å². The van der Waals surface area contributed by atoms with Gasteiger partial charge in [-0.25, -0.2) is 0 Å². The maximum absolute atomic E-state index is 9.95. The number of alkyl halides is 1. The number of hydrogen-bond acceptors (Lipinski definition) is 4. The lowest BCUT2D eigenvalue weighted by molar-refractivity contribution is 0.220. The minimum Gasteiger partial charge on any atom is -0.508 e. The number of benzene rings is 1. The van der Waals surface area contributed by atoms with Crippen molar-refractivity contribution in [1.29, 1.82) is 0 Å². The van der Waals surface area contributed by atoms with E-state index in [1.807, 2.05) is 41.1 Å². The molecule has 1 N–H and O–H groups in total. The summed E-state index contributed by atoms with van der Waals surface area (Å²) in [4.78, 5) is 0.454. The van der Waals surface area contributed by atoms with E-state index in [9.17, 15) is 5.11 Å². The van der Waals surface area contributed by atoms with Gasteiger partial charge in [-0.3, -0.25) is 0 Å². The van der Waals surface area contributed by atoms with E-state index in [-0.39, 0.29) is 9.68 Å². The lowest BCUT2D eigenvalue weighted by Gasteiger charge is -2.35. The van der Waals surface area contributed by atoms with Crippen molar-refractivity contribution in [3.63, 3.8) is 0 Å². The van der Waals surface area contributed by atoms with Gasteiger partial charge in [-0.15, -0.1) is 11.3 Å². The van der Waals surface area contributed by atoms with Crippen molar-refractivity contribution in [2.45, 2.75) is 13.8 Å². The lowest BCUT2D eigenvalue weighted by Crippen LogP contribution is -2.40. The molecule has 2 nitrogen and oxygen atoms in total. The number of thioether (sulfide) groups is 1. The molecule has 2 aromatic rings. The first-order chi connectivity index (χ1) is 10.2. The lowest BCUT2D eigenvalue weighted by atomic mass is 10.1. The average Bonchev–Trinajstić information content (AvgIpc) is 2.97. The molecule has 0 spiro atoms. The summed E-state index contributed by atoms with van der Waals surface area (Å²) in [6, 6.07) is 12.1. The van der Waals surface area contributed by atoms with Crippen LogP contribution in [0.5, 0.6) is 5.75 Å². The van der Waals surface area contributed by atoms with E-state index in [4.69, 9.17) is 4.74 Å². The molecule has 1 aliphatic rings. The Kier molecular flexibility index (Phi) is 4.61. The first-order valence-electron chi connectivity index (χ1n) is 6.37. The molecule has 1 aromatic heterocycles. The normalized spacial score (nSPS) is 24.6. The highest BCUT2D eigenvalue weighted by Crippen LogP contribution is 2.44. The first-order valence-corrected chi connectivity index (χ1v) is 9.38. The highest BCUT2D eigenvalue weighted by atomic mass is 127. The standard InChI is InChI=1S/C16H13IO2S2/c17-15-7-6-12(18)10-16(15,19-13-8-9-20-11-13)21-14-4-2-1-3-5-14/h1-11,15,18H. The van der Waals surface area contributed by atoms with E-state index >= 15 is 0 Å². The van der Waals surface area contributed by atoms with Gasteiger partial charge in [0.1, 0.15) is 11.5 Å². The third-order valence-corrected chi connectivity index (χ3v) is 6.67. The van der Waals surface area contributed by atoms with E-state index in [1.165, 1.54) is 0 Å². The van der Waals surface area contributed by atoms with Crippen LogP contribution in [0, 0.1) is 0 Å². The summed E-state index contributed by atoms with van der Waals surface area (Å²) >= 11 is 5.55. The molecule has 1 aromatic carbocycles. The van der Waals surface area contributed by atoms with E-state index in [2.05, 4.69) is 34.7 Å². The Morgan fingerprint density at radius 1 is 1.24 bits per heavy atom. The molecule has 1 aliphatic carbocycles. The minimum absolute atomic E-state index is 0.108. The Morgan fingerprint density at radius 2 is 2.05 bits per heavy atom. The fourth-order valence-corrected chi connectivity index (χ4v) is 4.63. The number of rotatable bonds is 4. The van der Waals surface area contributed by atoms with Gasteiger partial charge in [0.15, 0.2) is 4.93 Å². The van der Waals surface area contributed by atoms with Crippen LogP contribution in [0.3, 0.4) is 0 Å². The number of aliphatic hydroxyl groups is 1. The molecular formula is C16H13IO2S2. The molecule has 0 saturated heterocycles. The van der Waals surface area contributed by atoms with E-state index in [0.717, 1.165) is 10.6 Å². The Balaban J connectivity index is 1.96. The predicted molar refractivity (Wildman–Crippen MR) is 97.6 cm³/mol. The second-order valence-electron chi connectivity index (χ2n) is 4.53. The fraction of sp³-hybridized carbons (Fsp3) is 0.125. The summed E-state index contributed by atoms with van der Waals surface area (Å²) in [6.45, 7) is 0. The zero-order chi connectivity index (χ0) is 14.7. The van der Waals surface area contributed by atoms with Gasteiger partial charge in [-0.1, -0.05) is 58.6 Å². The van der Waals surface area contributed by atoms with Gasteiger partial charge in [-0.05, 0) is 29.7 Å². The van der Waals surface area contributed by atoms with Crippen LogP contribution in [0.4, 0.5) is 0 Å². The van der Waals surface area contributed by atoms with E-state index in [1.54, 1.807) is 35.3 Å². The summed E-state index contributed by atoms with van der Waals surface area (Å²) in [5.74, 6) is 1.06. The molecule has 2 unspecified atom stereocenters. The fourth-order valence-electron chi connectivity index (χ4n) is 2.01. The van der Waals surface area contributed by atoms with Crippen molar-refractivity contribution >= 4 is 45.7 Å². The van der Waals surface area contributed by atoms with E-state index in [0.29, 0.717) is 0 Å². The van der Waals surface area contributed by atoms with E-state index < -0.39 is 4.93 Å². The molecule has 1 heterocycles. The van der Waals surface area contributed by atoms with Crippen LogP contribution in [-0.4, -0.2) is 14.0 Å². The zero-order valence-electron chi connectivity index (χ0n) is 11.0. The molecule has 0 saturated carbocycles. The zero-order valence-corrected chi connectivity index (χ0v) is 14.8. The SMILES string of the molecule is OC1=CC(Oc2ccsc2)(Sc2ccccc2)C(I)C=C1. The predicted octanol–water partition coefficient (Wildman–Crippen LogP) is 5.43. The third kappa shape index (κ3) is 3.46. The van der Waals surface area contributed by atoms with Crippen LogP contribution in [0.2, 0.25) is 0 Å². The van der Waals surface area contributed by atoms with Crippen LogP contribution < -0.4 is 4.74 Å². The first kappa shape index (κ1) is 15.0. The Hall–Kier alpha value is -0.920. The van der Waals surface area contributed by atoms with Crippen molar-refractivity contribution in [2.75, 3.05) is 0 Å². The smallest absolute Gasteiger partial charge is 0.196 e. The molecule has 0 fully saturated rings. The summed E-state index contributed by atoms with van der Waals surface area (Å²) < 4.78 is 6.36. The molecular weight excluding hydrogens is 415 g/mol. The molecule has 0 amide bonds. The van der Waals surface area contributed by atoms with Crippen LogP contribution in [0.25, 0.3) is 0 Å². The van der Waals surface area contributed by atoms with Crippen LogP contribution >= 0.6 is 45.7 Å². The molecule has 2 atom stereocenters. The second kappa shape index (κ2) is 6.46. The van der Waals surface area contributed by atoms with Gasteiger partial charge in [0, 0.05) is 16.4 Å². The number of hydrogen-bond donors (Lipinski definition) is 1. The average molecular weight is 428 g/mol. The number of ether oxygens (including phenoxy) is 1. The van der Waals surface area contributed by atoms with Gasteiger partial charge in [0.05, 0.1) is 3.92 Å². The maximum atomic E-state index is 9.95. The van der Waals surface area contributed by atoms with Crippen LogP contribution in [0.1, 0.15) is 0 Å². The maximum Gasteiger partial charge on any atom is 0.196 e. The highest BCUT2D eigenvalue weighted by molar-refractivity contribution is 14.1. The topological polar surface area (TPSA) is 29.5 Å². The second-order valence-corrected chi connectivity index (χ2v) is 7.96. The van der Waals surface area contributed by atoms with Gasteiger partial charge >= 0.3 is 0 Å². The van der Waals surface area contributed by atoms with Crippen molar-refractivity contribution < 1.29 is 9.84 Å². The third-order valence-electron chi connectivity index (χ3n) is 2.96. The van der Waals surface area contributed by atoms with Gasteiger partial charge in [0.2, 0.25) is 0 Å². The van der Waals surface area contributed by atoms with Crippen LogP contribution in [0.15, 0.2) is 76.0 Å². The summed E-state index contributed by atoms with van der Waals surface area (Å²) in [5.41, 5.74) is 0. The monoisotopic (exact) mass is 428 g/mol. The van der Waals surface area contributed by atoms with Crippen molar-refractivity contribution in [3.8, 4) is 5.75 Å². The molecule has 0 aliphatic heterocycles. The number of aliphatic hydroxyl groups excluding tert-OH is 1. The van der Waals surface area contributed by atoms with Crippen LogP contribution in [-0.2, 0) is 0 Å². The molecule has 0 bridgehead atoms. The summed E-state index contributed by atoms with van der Waals surface area (Å²) in [5, 5.41) is 13.9. The highest BCUT2D eigenvalue weighted by Gasteiger charge is 2.40. The van der Waals surface area contributed by atoms with Crippen molar-refractivity contribution in [3.05, 3.63) is 71.1 Å². The summed E-state index contributed by atoms with van der Waals surface area (Å²) in [7, 11) is 0. The molecule has 5 heteroatoms. The molecule has 0 radical (unpaired) electrons. The Bertz CT molecular complexity index is 652. The van der Waals surface area contributed by atoms with Crippen molar-refractivity contribution in [1.82, 2.24) is 0 Å². The Labute approximate surface area is 145 Å². The molecule has 21 heavy (non-hydrogen) atoms. The van der Waals surface area contributed by atoms with Gasteiger partial charge in [-0.2, -0.15) is 0 Å². The molecule has 3 rings (SSSR count). The molecule has 108 valence electrons. The number of halogens is 1. The largest absolute Gasteiger partial charge is 0.508 e. The van der Waals surface area contributed by atoms with Gasteiger partial charge < -0.3 is 9.84 Å². The van der Waals surface area contributed by atoms with Gasteiger partial charge in [0.25, 0.3) is 0 Å². The quantitative estimate of drug-likeness (QED) is 0.400. The number of allylic oxidation sites excluding steroid dienone is 1. The minimum atomic E-state index is -0.651. The Morgan fingerprint density at radius 3 is 2.76 bits per heavy atom. The summed E-state index contributed by atoms with van der Waals surface area (Å²) in [6.07, 6.45) is 5.48.